The maximum Gasteiger partial charge on any atom is 0.234 e. The number of isocyanates is 4. The zero-order valence-electron chi connectivity index (χ0n) is 12.1. The Hall–Kier alpha value is -2.48. The third-order valence-corrected chi connectivity index (χ3v) is 4.47. The molecule has 0 bridgehead atoms. The second-order valence-corrected chi connectivity index (χ2v) is 5.40. The molecule has 0 aliphatic heterocycles. The lowest BCUT2D eigenvalue weighted by Gasteiger charge is -2.50. The lowest BCUT2D eigenvalue weighted by Crippen LogP contribution is -2.52. The first kappa shape index (κ1) is 17.6. The van der Waals surface area contributed by atoms with Crippen molar-refractivity contribution in [2.75, 3.05) is 26.2 Å². The Morgan fingerprint density at radius 1 is 0.591 bits per heavy atom. The third-order valence-electron chi connectivity index (χ3n) is 4.47. The number of aliphatic imine (C=N–C) groups is 4. The van der Waals surface area contributed by atoms with E-state index in [1.165, 1.54) is 24.3 Å². The fourth-order valence-electron chi connectivity index (χ4n) is 3.28. The van der Waals surface area contributed by atoms with Crippen molar-refractivity contribution in [1.82, 2.24) is 0 Å². The van der Waals surface area contributed by atoms with Crippen molar-refractivity contribution >= 4 is 24.3 Å². The van der Waals surface area contributed by atoms with Gasteiger partial charge in [0.2, 0.25) is 24.3 Å². The molecular weight excluding hydrogens is 288 g/mol. The Labute approximate surface area is 127 Å². The molecule has 22 heavy (non-hydrogen) atoms. The summed E-state index contributed by atoms with van der Waals surface area (Å²) in [5.41, 5.74) is -1.42. The van der Waals surface area contributed by atoms with E-state index in [9.17, 15) is 19.2 Å². The molecule has 0 N–H and O–H groups in total. The number of carbonyl (C=O) groups excluding carboxylic acids is 4. The van der Waals surface area contributed by atoms with Crippen LogP contribution in [0.1, 0.15) is 25.7 Å². The van der Waals surface area contributed by atoms with Gasteiger partial charge in [0.15, 0.2) is 0 Å². The van der Waals surface area contributed by atoms with Gasteiger partial charge in [-0.3, -0.25) is 0 Å². The van der Waals surface area contributed by atoms with Crippen LogP contribution in [-0.4, -0.2) is 50.5 Å². The molecule has 1 saturated carbocycles. The first-order valence-corrected chi connectivity index (χ1v) is 6.85. The van der Waals surface area contributed by atoms with Gasteiger partial charge >= 0.3 is 0 Å². The number of hydrogen-bond donors (Lipinski definition) is 0. The minimum absolute atomic E-state index is 0.0738. The van der Waals surface area contributed by atoms with Crippen LogP contribution < -0.4 is 0 Å². The van der Waals surface area contributed by atoms with E-state index in [1.54, 1.807) is 0 Å². The summed E-state index contributed by atoms with van der Waals surface area (Å²) in [4.78, 5) is 56.8. The van der Waals surface area contributed by atoms with Gasteiger partial charge in [-0.05, 0) is 12.8 Å². The van der Waals surface area contributed by atoms with Crippen LogP contribution in [0, 0.1) is 10.8 Å². The molecule has 0 radical (unpaired) electrons. The highest BCUT2D eigenvalue weighted by Crippen LogP contribution is 2.52. The largest absolute Gasteiger partial charge is 0.234 e. The Morgan fingerprint density at radius 2 is 0.864 bits per heavy atom. The maximum absolute atomic E-state index is 10.5. The van der Waals surface area contributed by atoms with Crippen LogP contribution in [-0.2, 0) is 19.2 Å². The van der Waals surface area contributed by atoms with Gasteiger partial charge in [0.05, 0.1) is 26.2 Å². The molecule has 1 fully saturated rings. The van der Waals surface area contributed by atoms with E-state index in [-0.39, 0.29) is 26.2 Å². The molecule has 1 aliphatic rings. The van der Waals surface area contributed by atoms with Crippen LogP contribution in [0.15, 0.2) is 20.0 Å². The Kier molecular flexibility index (Phi) is 6.97. The highest BCUT2D eigenvalue weighted by molar-refractivity contribution is 5.36. The molecule has 0 unspecified atom stereocenters. The van der Waals surface area contributed by atoms with Crippen molar-refractivity contribution in [2.45, 2.75) is 25.7 Å². The Bertz CT molecular complexity index is 486. The molecule has 0 amide bonds. The maximum atomic E-state index is 10.5. The second kappa shape index (κ2) is 8.73. The number of hydrogen-bond acceptors (Lipinski definition) is 8. The molecule has 116 valence electrons. The van der Waals surface area contributed by atoms with Crippen LogP contribution in [0.5, 0.6) is 0 Å². The summed E-state index contributed by atoms with van der Waals surface area (Å²) in [6, 6.07) is 0. The van der Waals surface area contributed by atoms with E-state index >= 15 is 0 Å². The summed E-state index contributed by atoms with van der Waals surface area (Å²) in [7, 11) is 0. The van der Waals surface area contributed by atoms with Gasteiger partial charge in [-0.25, -0.2) is 39.1 Å². The van der Waals surface area contributed by atoms with Crippen molar-refractivity contribution in [2.24, 2.45) is 30.8 Å². The standard InChI is InChI=1S/C14H16N4O4/c19-9-15-5-13(6-16-10-20)3-1-2-4-14(13,7-17-11-21)8-18-12-22/h1-8H2. The van der Waals surface area contributed by atoms with Gasteiger partial charge in [-0.1, -0.05) is 12.8 Å². The smallest absolute Gasteiger partial charge is 0.211 e. The van der Waals surface area contributed by atoms with Crippen LogP contribution in [0.2, 0.25) is 0 Å². The molecule has 0 spiro atoms. The number of nitrogens with zero attached hydrogens (tertiary/aromatic N) is 4. The average Bonchev–Trinajstić information content (AvgIpc) is 2.56. The Morgan fingerprint density at radius 3 is 1.09 bits per heavy atom. The van der Waals surface area contributed by atoms with Gasteiger partial charge in [0.25, 0.3) is 0 Å². The monoisotopic (exact) mass is 304 g/mol. The van der Waals surface area contributed by atoms with E-state index in [2.05, 4.69) is 20.0 Å². The SMILES string of the molecule is O=C=NCC1(CN=C=O)CCCCC1(CN=C=O)CN=C=O. The fourth-order valence-corrected chi connectivity index (χ4v) is 3.28. The van der Waals surface area contributed by atoms with Gasteiger partial charge in [-0.2, -0.15) is 0 Å². The van der Waals surface area contributed by atoms with E-state index < -0.39 is 10.8 Å². The fraction of sp³-hybridized carbons (Fsp3) is 0.714. The summed E-state index contributed by atoms with van der Waals surface area (Å²) >= 11 is 0. The van der Waals surface area contributed by atoms with Crippen molar-refractivity contribution in [3.8, 4) is 0 Å². The first-order valence-electron chi connectivity index (χ1n) is 6.85. The zero-order chi connectivity index (χ0) is 16.3. The lowest BCUT2D eigenvalue weighted by atomic mass is 9.55. The van der Waals surface area contributed by atoms with Crippen LogP contribution in [0.25, 0.3) is 0 Å². The molecule has 0 saturated heterocycles. The third kappa shape index (κ3) is 3.79. The van der Waals surface area contributed by atoms with Gasteiger partial charge < -0.3 is 0 Å². The molecule has 0 aromatic rings. The summed E-state index contributed by atoms with van der Waals surface area (Å²) in [6.45, 7) is 0.295. The number of rotatable bonds is 8. The molecule has 0 aromatic carbocycles. The normalized spacial score (nSPS) is 26.5. The summed E-state index contributed by atoms with van der Waals surface area (Å²) in [5, 5.41) is 0. The van der Waals surface area contributed by atoms with Crippen molar-refractivity contribution in [1.29, 1.82) is 0 Å². The lowest BCUT2D eigenvalue weighted by molar-refractivity contribution is 0.0158. The van der Waals surface area contributed by atoms with Crippen molar-refractivity contribution in [3.05, 3.63) is 0 Å². The average molecular weight is 304 g/mol. The van der Waals surface area contributed by atoms with Gasteiger partial charge in [0, 0.05) is 10.8 Å². The quantitative estimate of drug-likeness (QED) is 0.488. The summed E-state index contributed by atoms with van der Waals surface area (Å²) in [5.74, 6) is 0. The van der Waals surface area contributed by atoms with Gasteiger partial charge in [-0.15, -0.1) is 0 Å². The minimum atomic E-state index is -0.708. The summed E-state index contributed by atoms with van der Waals surface area (Å²) < 4.78 is 0. The predicted molar refractivity (Wildman–Crippen MR) is 75.3 cm³/mol. The minimum Gasteiger partial charge on any atom is -0.211 e. The van der Waals surface area contributed by atoms with Crippen LogP contribution >= 0.6 is 0 Å². The van der Waals surface area contributed by atoms with E-state index in [1.807, 2.05) is 0 Å². The van der Waals surface area contributed by atoms with E-state index in [0.29, 0.717) is 12.8 Å². The molecular formula is C14H16N4O4. The van der Waals surface area contributed by atoms with E-state index in [4.69, 9.17) is 0 Å². The highest BCUT2D eigenvalue weighted by atomic mass is 16.1. The predicted octanol–water partition coefficient (Wildman–Crippen LogP) is 0.876. The van der Waals surface area contributed by atoms with Crippen LogP contribution in [0.4, 0.5) is 0 Å². The first-order chi connectivity index (χ1) is 10.7. The summed E-state index contributed by atoms with van der Waals surface area (Å²) in [6.07, 6.45) is 8.87. The van der Waals surface area contributed by atoms with Crippen LogP contribution in [0.3, 0.4) is 0 Å². The van der Waals surface area contributed by atoms with Crippen molar-refractivity contribution < 1.29 is 19.2 Å². The molecule has 8 heteroatoms. The van der Waals surface area contributed by atoms with E-state index in [0.717, 1.165) is 12.8 Å². The topological polar surface area (TPSA) is 118 Å². The molecule has 0 atom stereocenters. The second-order valence-electron chi connectivity index (χ2n) is 5.40. The molecule has 0 aromatic heterocycles. The molecule has 8 nitrogen and oxygen atoms in total. The van der Waals surface area contributed by atoms with Crippen molar-refractivity contribution in [3.63, 3.8) is 0 Å². The van der Waals surface area contributed by atoms with Gasteiger partial charge in [0.1, 0.15) is 0 Å². The highest BCUT2D eigenvalue weighted by Gasteiger charge is 2.52. The molecule has 0 heterocycles. The Balaban J connectivity index is 3.37. The molecule has 1 rings (SSSR count). The zero-order valence-corrected chi connectivity index (χ0v) is 12.1. The molecule has 1 aliphatic carbocycles.